The number of oxazole rings is 1. The van der Waals surface area contributed by atoms with Crippen molar-refractivity contribution < 1.29 is 19.1 Å². The number of aliphatic imine (C=N–C) groups is 1. The van der Waals surface area contributed by atoms with Gasteiger partial charge in [-0.1, -0.05) is 41.9 Å². The van der Waals surface area contributed by atoms with Gasteiger partial charge in [0, 0.05) is 16.3 Å². The lowest BCUT2D eigenvalue weighted by molar-refractivity contribution is -0.113. The number of anilines is 2. The van der Waals surface area contributed by atoms with Gasteiger partial charge in [0.05, 0.1) is 17.5 Å². The molecule has 1 amide bonds. The topological polar surface area (TPSA) is 142 Å². The van der Waals surface area contributed by atoms with Gasteiger partial charge in [0.1, 0.15) is 17.3 Å². The van der Waals surface area contributed by atoms with E-state index in [1.54, 1.807) is 25.1 Å². The van der Waals surface area contributed by atoms with Gasteiger partial charge in [0.25, 0.3) is 5.91 Å². The summed E-state index contributed by atoms with van der Waals surface area (Å²) in [6.07, 6.45) is 1.28. The van der Waals surface area contributed by atoms with Crippen molar-refractivity contribution in [2.24, 2.45) is 4.99 Å². The van der Waals surface area contributed by atoms with E-state index in [0.29, 0.717) is 44.6 Å². The number of hydrogen-bond donors (Lipinski definition) is 4. The number of carboxylic acids is 1. The minimum Gasteiger partial charge on any atom is -0.477 e. The third-order valence-corrected chi connectivity index (χ3v) is 5.79. The van der Waals surface area contributed by atoms with Crippen molar-refractivity contribution in [3.63, 3.8) is 0 Å². The van der Waals surface area contributed by atoms with Gasteiger partial charge in [-0.25, -0.2) is 14.8 Å². The maximum absolute atomic E-state index is 13.4. The predicted molar refractivity (Wildman–Crippen MR) is 135 cm³/mol. The molecule has 4 aromatic rings. The molecule has 5 rings (SSSR count). The lowest BCUT2D eigenvalue weighted by Gasteiger charge is -2.27. The highest BCUT2D eigenvalue weighted by Gasteiger charge is 2.31. The molecule has 180 valence electrons. The molecule has 0 radical (unpaired) electrons. The number of benzene rings is 2. The van der Waals surface area contributed by atoms with E-state index in [1.165, 1.54) is 18.3 Å². The summed E-state index contributed by atoms with van der Waals surface area (Å²) in [5.41, 5.74) is 3.00. The maximum Gasteiger partial charge on any atom is 0.354 e. The highest BCUT2D eigenvalue weighted by Crippen LogP contribution is 2.35. The number of carboxylic acid groups (broad SMARTS) is 1. The highest BCUT2D eigenvalue weighted by molar-refractivity contribution is 6.31. The van der Waals surface area contributed by atoms with Crippen LogP contribution in [0.5, 0.6) is 0 Å². The molecule has 0 fully saturated rings. The number of fused-ring (bicyclic) bond motifs is 1. The van der Waals surface area contributed by atoms with Crippen LogP contribution in [-0.2, 0) is 4.79 Å². The summed E-state index contributed by atoms with van der Waals surface area (Å²) < 4.78 is 5.74. The van der Waals surface area contributed by atoms with Gasteiger partial charge in [-0.3, -0.25) is 10.1 Å². The lowest BCUT2D eigenvalue weighted by Crippen LogP contribution is -2.37. The third-order valence-electron chi connectivity index (χ3n) is 5.45. The van der Waals surface area contributed by atoms with Crippen molar-refractivity contribution in [3.05, 3.63) is 94.4 Å². The van der Waals surface area contributed by atoms with E-state index in [9.17, 15) is 9.59 Å². The first-order chi connectivity index (χ1) is 17.4. The standard InChI is InChI=1S/C25H19ClN6O4/c1-13-20(22(33)29-14-10-11-18(23(34)35)27-12-14)21(15-6-2-3-7-16(15)26)31-24(28-13)32-25-30-17-8-4-5-9-19(17)36-25/h2-12,21H,1H3,(H,29,33)(H,34,35)(H2,28,30,31,32). The van der Waals surface area contributed by atoms with Crippen molar-refractivity contribution in [2.45, 2.75) is 13.0 Å². The summed E-state index contributed by atoms with van der Waals surface area (Å²) in [6.45, 7) is 1.74. The molecule has 10 nitrogen and oxygen atoms in total. The van der Waals surface area contributed by atoms with Gasteiger partial charge in [0.2, 0.25) is 5.96 Å². The van der Waals surface area contributed by atoms with E-state index in [4.69, 9.17) is 26.1 Å². The van der Waals surface area contributed by atoms with Crippen LogP contribution >= 0.6 is 11.6 Å². The second-order valence-corrected chi connectivity index (χ2v) is 8.28. The largest absolute Gasteiger partial charge is 0.477 e. The average molecular weight is 503 g/mol. The van der Waals surface area contributed by atoms with E-state index in [-0.39, 0.29) is 11.7 Å². The number of halogens is 1. The number of aromatic carboxylic acids is 1. The number of amides is 1. The number of guanidine groups is 1. The smallest absolute Gasteiger partial charge is 0.354 e. The molecule has 2 aromatic carbocycles. The summed E-state index contributed by atoms with van der Waals surface area (Å²) in [6, 6.07) is 16.7. The third kappa shape index (κ3) is 4.62. The van der Waals surface area contributed by atoms with Gasteiger partial charge >= 0.3 is 12.0 Å². The molecule has 1 atom stereocenters. The summed E-state index contributed by atoms with van der Waals surface area (Å²) in [7, 11) is 0. The van der Waals surface area contributed by atoms with Gasteiger partial charge in [-0.2, -0.15) is 4.98 Å². The number of hydrogen-bond acceptors (Lipinski definition) is 8. The summed E-state index contributed by atoms with van der Waals surface area (Å²) in [4.78, 5) is 37.4. The molecule has 4 N–H and O–H groups in total. The Hall–Kier alpha value is -4.70. The molecule has 36 heavy (non-hydrogen) atoms. The Morgan fingerprint density at radius 1 is 1.08 bits per heavy atom. The van der Waals surface area contributed by atoms with E-state index in [0.717, 1.165) is 0 Å². The zero-order chi connectivity index (χ0) is 25.2. The minimum absolute atomic E-state index is 0.129. The van der Waals surface area contributed by atoms with Crippen molar-refractivity contribution >= 4 is 52.2 Å². The molecule has 2 aromatic heterocycles. The molecular formula is C25H19ClN6O4. The van der Waals surface area contributed by atoms with Crippen molar-refractivity contribution in [1.29, 1.82) is 0 Å². The summed E-state index contributed by atoms with van der Waals surface area (Å²) in [5, 5.41) is 18.4. The second-order valence-electron chi connectivity index (χ2n) is 7.87. The Kier molecular flexibility index (Phi) is 6.09. The van der Waals surface area contributed by atoms with Gasteiger partial charge in [0.15, 0.2) is 5.58 Å². The molecule has 0 saturated carbocycles. The predicted octanol–water partition coefficient (Wildman–Crippen LogP) is 4.60. The Labute approximate surface area is 209 Å². The van der Waals surface area contributed by atoms with Crippen LogP contribution in [0.1, 0.15) is 29.0 Å². The molecule has 11 heteroatoms. The number of nitrogens with one attached hydrogen (secondary N) is 3. The Morgan fingerprint density at radius 2 is 1.86 bits per heavy atom. The lowest BCUT2D eigenvalue weighted by atomic mass is 9.95. The zero-order valence-corrected chi connectivity index (χ0v) is 19.6. The Morgan fingerprint density at radius 3 is 2.58 bits per heavy atom. The van der Waals surface area contributed by atoms with Crippen LogP contribution in [-0.4, -0.2) is 32.9 Å². The fraction of sp³-hybridized carbons (Fsp3) is 0.0800. The number of para-hydroxylation sites is 2. The van der Waals surface area contributed by atoms with E-state index in [1.807, 2.05) is 30.3 Å². The minimum atomic E-state index is -1.16. The average Bonchev–Trinajstić information content (AvgIpc) is 3.26. The number of aromatic nitrogens is 2. The molecule has 3 heterocycles. The van der Waals surface area contributed by atoms with E-state index >= 15 is 0 Å². The van der Waals surface area contributed by atoms with Crippen LogP contribution in [0.3, 0.4) is 0 Å². The number of rotatable bonds is 5. The monoisotopic (exact) mass is 502 g/mol. The quantitative estimate of drug-likeness (QED) is 0.310. The second kappa shape index (κ2) is 9.51. The van der Waals surface area contributed by atoms with Gasteiger partial charge in [-0.05, 0) is 37.3 Å². The fourth-order valence-corrected chi connectivity index (χ4v) is 4.01. The van der Waals surface area contributed by atoms with Gasteiger partial charge < -0.3 is 20.2 Å². The van der Waals surface area contributed by atoms with Crippen LogP contribution in [0.25, 0.3) is 11.1 Å². The van der Waals surface area contributed by atoms with E-state index in [2.05, 4.69) is 25.9 Å². The van der Waals surface area contributed by atoms with Crippen LogP contribution in [0, 0.1) is 0 Å². The van der Waals surface area contributed by atoms with E-state index < -0.39 is 17.9 Å². The molecule has 1 aliphatic heterocycles. The Balaban J connectivity index is 1.46. The van der Waals surface area contributed by atoms with Crippen LogP contribution in [0.15, 0.2) is 87.5 Å². The normalized spacial score (nSPS) is 15.3. The fourth-order valence-electron chi connectivity index (χ4n) is 3.78. The summed E-state index contributed by atoms with van der Waals surface area (Å²) in [5.74, 6) is -1.28. The van der Waals surface area contributed by atoms with Crippen LogP contribution in [0.2, 0.25) is 5.02 Å². The molecule has 1 aliphatic rings. The van der Waals surface area contributed by atoms with Crippen molar-refractivity contribution in [3.8, 4) is 0 Å². The molecule has 0 spiro atoms. The molecule has 0 saturated heterocycles. The number of allylic oxidation sites excluding steroid dienone is 1. The first-order valence-electron chi connectivity index (χ1n) is 10.8. The SMILES string of the molecule is CC1=C(C(=O)Nc2ccc(C(=O)O)nc2)C(c2ccccc2Cl)N=C(Nc2nc3ccccc3o2)N1. The zero-order valence-electron chi connectivity index (χ0n) is 18.8. The Bertz CT molecular complexity index is 1510. The highest BCUT2D eigenvalue weighted by atomic mass is 35.5. The maximum atomic E-state index is 13.4. The number of carbonyl (C=O) groups excluding carboxylic acids is 1. The van der Waals surface area contributed by atoms with Crippen molar-refractivity contribution in [1.82, 2.24) is 15.3 Å². The number of pyridine rings is 1. The van der Waals surface area contributed by atoms with Crippen molar-refractivity contribution in [2.75, 3.05) is 10.6 Å². The first kappa shape index (κ1) is 23.1. The van der Waals surface area contributed by atoms with Crippen LogP contribution in [0.4, 0.5) is 11.7 Å². The molecular weight excluding hydrogens is 484 g/mol. The number of carbonyl (C=O) groups is 2. The molecule has 0 aliphatic carbocycles. The molecule has 0 bridgehead atoms. The number of nitrogens with zero attached hydrogens (tertiary/aromatic N) is 3. The molecule has 1 unspecified atom stereocenters. The van der Waals surface area contributed by atoms with Crippen LogP contribution < -0.4 is 16.0 Å². The first-order valence-corrected chi connectivity index (χ1v) is 11.2. The van der Waals surface area contributed by atoms with Gasteiger partial charge in [-0.15, -0.1) is 0 Å². The summed E-state index contributed by atoms with van der Waals surface area (Å²) >= 11 is 6.48.